The highest BCUT2D eigenvalue weighted by atomic mass is 16.2. The van der Waals surface area contributed by atoms with Crippen molar-refractivity contribution in [3.8, 4) is 0 Å². The van der Waals surface area contributed by atoms with Crippen molar-refractivity contribution in [2.45, 2.75) is 6.04 Å². The lowest BCUT2D eigenvalue weighted by atomic mass is 10.1. The fourth-order valence-corrected chi connectivity index (χ4v) is 1.34. The zero-order valence-electron chi connectivity index (χ0n) is 7.82. The Balaban J connectivity index is 1.98. The van der Waals surface area contributed by atoms with Crippen LogP contribution in [0.2, 0.25) is 0 Å². The number of hydrogen-bond acceptors (Lipinski definition) is 4. The molecule has 1 aliphatic rings. The van der Waals surface area contributed by atoms with Crippen LogP contribution in [0.4, 0.5) is 0 Å². The lowest BCUT2D eigenvalue weighted by molar-refractivity contribution is 0.0602. The summed E-state index contributed by atoms with van der Waals surface area (Å²) in [4.78, 5) is 23.6. The lowest BCUT2D eigenvalue weighted by Gasteiger charge is -2.36. The Labute approximate surface area is 85.4 Å². The van der Waals surface area contributed by atoms with Gasteiger partial charge >= 0.3 is 0 Å². The van der Waals surface area contributed by atoms with Gasteiger partial charge in [0.25, 0.3) is 5.91 Å². The van der Waals surface area contributed by atoms with Crippen molar-refractivity contribution in [1.82, 2.24) is 14.9 Å². The number of rotatable bonds is 2. The van der Waals surface area contributed by atoms with E-state index < -0.39 is 0 Å². The third kappa shape index (κ3) is 1.87. The normalized spacial score (nSPS) is 15.3. The third-order valence-electron chi connectivity index (χ3n) is 2.15. The molecule has 2 heterocycles. The average Bonchev–Trinajstić information content (AvgIpc) is 2.23. The quantitative estimate of drug-likeness (QED) is 0.401. The fraction of sp³-hybridized carbons (Fsp3) is 0.375. The van der Waals surface area contributed by atoms with E-state index in [1.165, 1.54) is 18.6 Å². The van der Waals surface area contributed by atoms with Crippen molar-refractivity contribution < 1.29 is 4.79 Å². The van der Waals surface area contributed by atoms with Gasteiger partial charge in [-0.25, -0.2) is 4.98 Å². The first-order valence-corrected chi connectivity index (χ1v) is 4.41. The van der Waals surface area contributed by atoms with Gasteiger partial charge in [0, 0.05) is 30.4 Å². The van der Waals surface area contributed by atoms with Crippen LogP contribution in [0, 0.1) is 0 Å². The largest absolute Gasteiger partial charge is 0.336 e. The molecule has 1 fully saturated rings. The number of hydrogen-bond donors (Lipinski definition) is 0. The van der Waals surface area contributed by atoms with Crippen LogP contribution in [0.15, 0.2) is 23.7 Å². The lowest BCUT2D eigenvalue weighted by Crippen LogP contribution is -2.52. The minimum atomic E-state index is -0.174. The monoisotopic (exact) mass is 204 g/mol. The smallest absolute Gasteiger partial charge is 0.274 e. The molecule has 0 aliphatic carbocycles. The van der Waals surface area contributed by atoms with Crippen LogP contribution in [-0.4, -0.2) is 39.9 Å². The van der Waals surface area contributed by atoms with Gasteiger partial charge in [-0.3, -0.25) is 9.78 Å². The molecule has 1 aromatic rings. The van der Waals surface area contributed by atoms with Gasteiger partial charge in [-0.1, -0.05) is 5.11 Å². The minimum Gasteiger partial charge on any atom is -0.336 e. The number of aromatic nitrogens is 2. The van der Waals surface area contributed by atoms with Gasteiger partial charge in [0.2, 0.25) is 0 Å². The second-order valence-electron chi connectivity index (χ2n) is 3.16. The molecule has 2 rings (SSSR count). The molecule has 0 saturated carbocycles. The van der Waals surface area contributed by atoms with Gasteiger partial charge in [0.15, 0.2) is 0 Å². The van der Waals surface area contributed by atoms with E-state index >= 15 is 0 Å². The molecule has 7 nitrogen and oxygen atoms in total. The molecule has 0 N–H and O–H groups in total. The maximum atomic E-state index is 11.7. The maximum absolute atomic E-state index is 11.7. The number of carbonyl (C=O) groups excluding carboxylic acids is 1. The molecule has 0 spiro atoms. The number of carbonyl (C=O) groups is 1. The van der Waals surface area contributed by atoms with Crippen LogP contribution in [-0.2, 0) is 0 Å². The van der Waals surface area contributed by atoms with E-state index in [1.807, 2.05) is 0 Å². The molecule has 1 amide bonds. The molecule has 0 bridgehead atoms. The molecule has 0 unspecified atom stereocenters. The first-order valence-electron chi connectivity index (χ1n) is 4.41. The average molecular weight is 204 g/mol. The Kier molecular flexibility index (Phi) is 2.47. The molecule has 7 heteroatoms. The van der Waals surface area contributed by atoms with E-state index in [2.05, 4.69) is 20.0 Å². The van der Waals surface area contributed by atoms with Crippen molar-refractivity contribution in [2.75, 3.05) is 13.1 Å². The van der Waals surface area contributed by atoms with E-state index in [-0.39, 0.29) is 11.9 Å². The minimum absolute atomic E-state index is 0.101. The summed E-state index contributed by atoms with van der Waals surface area (Å²) in [5, 5.41) is 3.51. The molecule has 0 aromatic carbocycles. The Hall–Kier alpha value is -2.14. The number of likely N-dealkylation sites (tertiary alicyclic amines) is 1. The van der Waals surface area contributed by atoms with Gasteiger partial charge in [-0.15, -0.1) is 0 Å². The molecule has 0 radical (unpaired) electrons. The maximum Gasteiger partial charge on any atom is 0.274 e. The third-order valence-corrected chi connectivity index (χ3v) is 2.15. The summed E-state index contributed by atoms with van der Waals surface area (Å²) in [6, 6.07) is -0.101. The molecule has 1 aromatic heterocycles. The Bertz CT molecular complexity index is 406. The first kappa shape index (κ1) is 9.42. The molecule has 1 aliphatic heterocycles. The highest BCUT2D eigenvalue weighted by molar-refractivity contribution is 5.92. The van der Waals surface area contributed by atoms with E-state index in [1.54, 1.807) is 4.90 Å². The van der Waals surface area contributed by atoms with Gasteiger partial charge in [0.05, 0.1) is 12.2 Å². The Morgan fingerprint density at radius 3 is 3.00 bits per heavy atom. The SMILES string of the molecule is [N-]=[N+]=NC1CN(C(=O)c2cnccn2)C1. The summed E-state index contributed by atoms with van der Waals surface area (Å²) >= 11 is 0. The van der Waals surface area contributed by atoms with E-state index in [4.69, 9.17) is 5.53 Å². The summed E-state index contributed by atoms with van der Waals surface area (Å²) in [6.45, 7) is 0.916. The van der Waals surface area contributed by atoms with Crippen LogP contribution in [0.25, 0.3) is 10.4 Å². The fourth-order valence-electron chi connectivity index (χ4n) is 1.34. The Morgan fingerprint density at radius 1 is 1.60 bits per heavy atom. The summed E-state index contributed by atoms with van der Waals surface area (Å²) in [5.41, 5.74) is 8.49. The van der Waals surface area contributed by atoms with Crippen LogP contribution >= 0.6 is 0 Å². The van der Waals surface area contributed by atoms with Crippen molar-refractivity contribution in [3.05, 3.63) is 34.7 Å². The zero-order valence-corrected chi connectivity index (χ0v) is 7.82. The van der Waals surface area contributed by atoms with Crippen LogP contribution in [0.1, 0.15) is 10.5 Å². The van der Waals surface area contributed by atoms with Crippen LogP contribution < -0.4 is 0 Å². The number of nitrogens with zero attached hydrogens (tertiary/aromatic N) is 6. The summed E-state index contributed by atoms with van der Waals surface area (Å²) in [6.07, 6.45) is 4.40. The summed E-state index contributed by atoms with van der Waals surface area (Å²) in [7, 11) is 0. The van der Waals surface area contributed by atoms with Crippen molar-refractivity contribution in [3.63, 3.8) is 0 Å². The zero-order chi connectivity index (χ0) is 10.7. The van der Waals surface area contributed by atoms with Crippen LogP contribution in [0.5, 0.6) is 0 Å². The van der Waals surface area contributed by atoms with Gasteiger partial charge < -0.3 is 4.90 Å². The van der Waals surface area contributed by atoms with E-state index in [0.717, 1.165) is 0 Å². The molecular formula is C8H8N6O. The van der Waals surface area contributed by atoms with E-state index in [9.17, 15) is 4.79 Å². The Morgan fingerprint density at radius 2 is 2.40 bits per heavy atom. The molecule has 15 heavy (non-hydrogen) atoms. The topological polar surface area (TPSA) is 94.9 Å². The van der Waals surface area contributed by atoms with Crippen LogP contribution in [0.3, 0.4) is 0 Å². The highest BCUT2D eigenvalue weighted by Crippen LogP contribution is 2.14. The summed E-state index contributed by atoms with van der Waals surface area (Å²) in [5.74, 6) is -0.174. The highest BCUT2D eigenvalue weighted by Gasteiger charge is 2.30. The number of amides is 1. The second-order valence-corrected chi connectivity index (χ2v) is 3.16. The molecular weight excluding hydrogens is 196 g/mol. The molecule has 1 saturated heterocycles. The first-order chi connectivity index (χ1) is 7.31. The second kappa shape index (κ2) is 3.93. The van der Waals surface area contributed by atoms with Gasteiger partial charge in [-0.05, 0) is 5.53 Å². The van der Waals surface area contributed by atoms with E-state index in [0.29, 0.717) is 18.8 Å². The number of azide groups is 1. The molecule has 0 atom stereocenters. The predicted octanol–water partition coefficient (Wildman–Crippen LogP) is 0.611. The van der Waals surface area contributed by atoms with Gasteiger partial charge in [0.1, 0.15) is 5.69 Å². The van der Waals surface area contributed by atoms with Crippen molar-refractivity contribution in [1.29, 1.82) is 0 Å². The predicted molar refractivity (Wildman–Crippen MR) is 50.9 cm³/mol. The summed E-state index contributed by atoms with van der Waals surface area (Å²) < 4.78 is 0. The standard InChI is InChI=1S/C8H8N6O/c9-13-12-6-4-14(5-6)8(15)7-3-10-1-2-11-7/h1-3,6H,4-5H2. The van der Waals surface area contributed by atoms with Crippen molar-refractivity contribution in [2.24, 2.45) is 5.11 Å². The van der Waals surface area contributed by atoms with Crippen molar-refractivity contribution >= 4 is 5.91 Å². The van der Waals surface area contributed by atoms with Gasteiger partial charge in [-0.2, -0.15) is 0 Å². The molecule has 76 valence electrons.